The summed E-state index contributed by atoms with van der Waals surface area (Å²) in [6.45, 7) is 0. The van der Waals surface area contributed by atoms with Gasteiger partial charge in [-0.2, -0.15) is 0 Å². The summed E-state index contributed by atoms with van der Waals surface area (Å²) < 4.78 is 51.5. The Morgan fingerprint density at radius 1 is 1.25 bits per heavy atom. The molecule has 1 heterocycles. The number of halogens is 3. The SMILES string of the molecule is Nc1cc(F)c(S(=O)(=O)Cc2ccncc2Cl)c(F)c1. The van der Waals surface area contributed by atoms with Gasteiger partial charge in [-0.05, 0) is 23.8 Å². The first-order chi connectivity index (χ1) is 9.31. The number of pyridine rings is 1. The van der Waals surface area contributed by atoms with Crippen LogP contribution in [0.3, 0.4) is 0 Å². The monoisotopic (exact) mass is 318 g/mol. The van der Waals surface area contributed by atoms with E-state index in [0.29, 0.717) is 0 Å². The number of sulfone groups is 1. The van der Waals surface area contributed by atoms with Gasteiger partial charge in [-0.15, -0.1) is 0 Å². The lowest BCUT2D eigenvalue weighted by molar-refractivity contribution is 0.520. The first-order valence-corrected chi connectivity index (χ1v) is 7.40. The maximum Gasteiger partial charge on any atom is 0.188 e. The summed E-state index contributed by atoms with van der Waals surface area (Å²) in [5.41, 5.74) is 5.26. The molecule has 0 radical (unpaired) electrons. The van der Waals surface area contributed by atoms with Crippen LogP contribution in [0.1, 0.15) is 5.56 Å². The highest BCUT2D eigenvalue weighted by atomic mass is 35.5. The molecule has 2 N–H and O–H groups in total. The smallest absolute Gasteiger partial charge is 0.188 e. The largest absolute Gasteiger partial charge is 0.399 e. The Morgan fingerprint density at radius 3 is 2.40 bits per heavy atom. The molecule has 0 aliphatic heterocycles. The van der Waals surface area contributed by atoms with E-state index in [1.807, 2.05) is 0 Å². The predicted molar refractivity (Wildman–Crippen MR) is 70.9 cm³/mol. The zero-order valence-corrected chi connectivity index (χ0v) is 11.5. The van der Waals surface area contributed by atoms with Crippen LogP contribution in [0.2, 0.25) is 5.02 Å². The van der Waals surface area contributed by atoms with Crippen LogP contribution in [0.4, 0.5) is 14.5 Å². The van der Waals surface area contributed by atoms with Crippen LogP contribution in [-0.4, -0.2) is 13.4 Å². The van der Waals surface area contributed by atoms with Gasteiger partial charge in [0, 0.05) is 18.1 Å². The Bertz CT molecular complexity index is 743. The molecular weight excluding hydrogens is 310 g/mol. The fraction of sp³-hybridized carbons (Fsp3) is 0.0833. The summed E-state index contributed by atoms with van der Waals surface area (Å²) in [6.07, 6.45) is 2.59. The number of nitrogens with zero attached hydrogens (tertiary/aromatic N) is 1. The molecule has 0 saturated carbocycles. The van der Waals surface area contributed by atoms with Crippen molar-refractivity contribution in [2.24, 2.45) is 0 Å². The van der Waals surface area contributed by atoms with Gasteiger partial charge in [0.1, 0.15) is 16.5 Å². The summed E-state index contributed by atoms with van der Waals surface area (Å²) in [5.74, 6) is -3.09. The molecule has 1 aromatic heterocycles. The lowest BCUT2D eigenvalue weighted by atomic mass is 10.3. The number of aromatic nitrogens is 1. The number of nitrogen functional groups attached to an aromatic ring is 1. The topological polar surface area (TPSA) is 73.1 Å². The van der Waals surface area contributed by atoms with Crippen LogP contribution in [0.5, 0.6) is 0 Å². The van der Waals surface area contributed by atoms with E-state index in [-0.39, 0.29) is 16.3 Å². The highest BCUT2D eigenvalue weighted by Crippen LogP contribution is 2.26. The Hall–Kier alpha value is -1.73. The molecule has 20 heavy (non-hydrogen) atoms. The van der Waals surface area contributed by atoms with Crippen LogP contribution in [0, 0.1) is 11.6 Å². The van der Waals surface area contributed by atoms with Gasteiger partial charge in [0.05, 0.1) is 10.8 Å². The van der Waals surface area contributed by atoms with E-state index in [4.69, 9.17) is 17.3 Å². The average Bonchev–Trinajstić information content (AvgIpc) is 2.30. The van der Waals surface area contributed by atoms with Crippen LogP contribution in [0.25, 0.3) is 0 Å². The minimum atomic E-state index is -4.23. The van der Waals surface area contributed by atoms with E-state index in [9.17, 15) is 17.2 Å². The highest BCUT2D eigenvalue weighted by Gasteiger charge is 2.25. The molecule has 8 heteroatoms. The minimum absolute atomic E-state index is 0.104. The van der Waals surface area contributed by atoms with Crippen LogP contribution >= 0.6 is 11.6 Å². The van der Waals surface area contributed by atoms with Gasteiger partial charge >= 0.3 is 0 Å². The van der Waals surface area contributed by atoms with E-state index in [1.165, 1.54) is 18.5 Å². The maximum atomic E-state index is 13.7. The summed E-state index contributed by atoms with van der Waals surface area (Å²) in [4.78, 5) is 2.69. The fourth-order valence-electron chi connectivity index (χ4n) is 1.67. The van der Waals surface area contributed by atoms with E-state index in [0.717, 1.165) is 12.1 Å². The van der Waals surface area contributed by atoms with Gasteiger partial charge in [0.15, 0.2) is 9.84 Å². The molecule has 2 rings (SSSR count). The second-order valence-corrected chi connectivity index (χ2v) is 6.37. The third-order valence-corrected chi connectivity index (χ3v) is 4.58. The van der Waals surface area contributed by atoms with E-state index in [1.54, 1.807) is 0 Å². The standard InChI is InChI=1S/C12H9ClF2N2O2S/c13-9-5-17-2-1-7(9)6-20(18,19)12-10(14)3-8(16)4-11(12)15/h1-5H,6,16H2. The van der Waals surface area contributed by atoms with Gasteiger partial charge in [0.25, 0.3) is 0 Å². The lowest BCUT2D eigenvalue weighted by Crippen LogP contribution is -2.11. The van der Waals surface area contributed by atoms with Gasteiger partial charge in [-0.3, -0.25) is 4.98 Å². The molecule has 0 fully saturated rings. The van der Waals surface area contributed by atoms with E-state index in [2.05, 4.69) is 4.98 Å². The zero-order valence-electron chi connectivity index (χ0n) is 9.98. The summed E-state index contributed by atoms with van der Waals surface area (Å²) >= 11 is 5.79. The van der Waals surface area contributed by atoms with Crippen molar-refractivity contribution < 1.29 is 17.2 Å². The third kappa shape index (κ3) is 2.88. The molecule has 1 aromatic carbocycles. The zero-order chi connectivity index (χ0) is 14.9. The molecule has 0 amide bonds. The fourth-order valence-corrected chi connectivity index (χ4v) is 3.46. The van der Waals surface area contributed by atoms with E-state index >= 15 is 0 Å². The van der Waals surface area contributed by atoms with Crippen molar-refractivity contribution in [2.75, 3.05) is 5.73 Å². The second kappa shape index (κ2) is 5.34. The summed E-state index contributed by atoms with van der Waals surface area (Å²) in [5, 5.41) is 0.104. The number of hydrogen-bond donors (Lipinski definition) is 1. The maximum absolute atomic E-state index is 13.7. The normalized spacial score (nSPS) is 11.6. The number of nitrogens with two attached hydrogens (primary N) is 1. The van der Waals surface area contributed by atoms with Gasteiger partial charge in [-0.1, -0.05) is 11.6 Å². The van der Waals surface area contributed by atoms with Crippen molar-refractivity contribution in [3.8, 4) is 0 Å². The highest BCUT2D eigenvalue weighted by molar-refractivity contribution is 7.90. The molecule has 0 spiro atoms. The number of benzene rings is 1. The molecular formula is C12H9ClF2N2O2S. The van der Waals surface area contributed by atoms with Crippen LogP contribution in [0.15, 0.2) is 35.5 Å². The van der Waals surface area contributed by atoms with Crippen molar-refractivity contribution >= 4 is 27.1 Å². The molecule has 106 valence electrons. The van der Waals surface area contributed by atoms with Gasteiger partial charge in [-0.25, -0.2) is 17.2 Å². The Labute approximate surface area is 119 Å². The van der Waals surface area contributed by atoms with Crippen LogP contribution in [-0.2, 0) is 15.6 Å². The number of rotatable bonds is 3. The summed E-state index contributed by atoms with van der Waals surface area (Å²) in [7, 11) is -4.23. The van der Waals surface area contributed by atoms with Crippen molar-refractivity contribution in [1.82, 2.24) is 4.98 Å². The molecule has 0 unspecified atom stereocenters. The summed E-state index contributed by atoms with van der Waals surface area (Å²) in [6, 6.07) is 2.88. The first-order valence-electron chi connectivity index (χ1n) is 5.37. The van der Waals surface area contributed by atoms with Crippen molar-refractivity contribution in [2.45, 2.75) is 10.6 Å². The first kappa shape index (κ1) is 14.7. The third-order valence-electron chi connectivity index (χ3n) is 2.53. The van der Waals surface area contributed by atoms with Gasteiger partial charge < -0.3 is 5.73 Å². The number of hydrogen-bond acceptors (Lipinski definition) is 4. The van der Waals surface area contributed by atoms with E-state index < -0.39 is 32.1 Å². The average molecular weight is 319 g/mol. The molecule has 0 atom stereocenters. The second-order valence-electron chi connectivity index (χ2n) is 4.04. The van der Waals surface area contributed by atoms with Crippen molar-refractivity contribution in [1.29, 1.82) is 0 Å². The Balaban J connectivity index is 2.50. The lowest BCUT2D eigenvalue weighted by Gasteiger charge is -2.09. The van der Waals surface area contributed by atoms with Gasteiger partial charge in [0.2, 0.25) is 0 Å². The Morgan fingerprint density at radius 2 is 1.85 bits per heavy atom. The predicted octanol–water partition coefficient (Wildman–Crippen LogP) is 2.57. The van der Waals surface area contributed by atoms with Crippen molar-refractivity contribution in [3.63, 3.8) is 0 Å². The molecule has 0 saturated heterocycles. The molecule has 4 nitrogen and oxygen atoms in total. The van der Waals surface area contributed by atoms with Crippen molar-refractivity contribution in [3.05, 3.63) is 52.8 Å². The minimum Gasteiger partial charge on any atom is -0.399 e. The molecule has 0 aliphatic carbocycles. The van der Waals surface area contributed by atoms with Crippen LogP contribution < -0.4 is 5.73 Å². The molecule has 0 aliphatic rings. The quantitative estimate of drug-likeness (QED) is 0.883. The number of anilines is 1. The Kier molecular flexibility index (Phi) is 3.92. The molecule has 0 bridgehead atoms. The molecule has 2 aromatic rings.